The number of carbonyl (C=O) groups is 13. The molecule has 10 amide bonds. The Hall–Kier alpha value is -9.48. The summed E-state index contributed by atoms with van der Waals surface area (Å²) in [4.78, 5) is 179. The number of benzene rings is 2. The molecule has 2 aromatic rings. The van der Waals surface area contributed by atoms with Gasteiger partial charge in [0.15, 0.2) is 17.5 Å². The fourth-order valence-electron chi connectivity index (χ4n) is 10.3. The molecule has 1 saturated heterocycles. The molecule has 8 atom stereocenters. The SMILES string of the molecule is CC(=O)N1CCC[C@H]1C(=O)N[C@@H](CCCN=C(N)N)C(=O)N[C@@H](CCCCN)C(=O)N[C@@H](CC(C)C)C(=O)N[C@@H](Cc1ccc(O)cc1)C(=O)N[C@@H](CC(=O)O)C(=O)N[C@@H](Cc1ccc(O)cc1)C(=O)N[C@@H](CCCCNC(=O)CCC1C(=O)C=CC1=O)C(N)=O. The molecular weight excluding hydrogens is 1180 g/mol. The van der Waals surface area contributed by atoms with E-state index in [0.717, 1.165) is 0 Å². The maximum Gasteiger partial charge on any atom is 0.305 e. The summed E-state index contributed by atoms with van der Waals surface area (Å²) in [5.41, 5.74) is 23.2. The molecule has 91 heavy (non-hydrogen) atoms. The lowest BCUT2D eigenvalue weighted by molar-refractivity contribution is -0.141. The second-order valence-electron chi connectivity index (χ2n) is 23.0. The quantitative estimate of drug-likeness (QED) is 0.0147. The van der Waals surface area contributed by atoms with E-state index in [1.165, 1.54) is 72.5 Å². The number of amides is 10. The molecule has 2 aliphatic rings. The zero-order chi connectivity index (χ0) is 67.3. The molecule has 1 aliphatic carbocycles. The van der Waals surface area contributed by atoms with Crippen LogP contribution in [0.2, 0.25) is 0 Å². The molecule has 4 rings (SSSR count). The summed E-state index contributed by atoms with van der Waals surface area (Å²) in [5.74, 6) is -12.1. The third-order valence-corrected chi connectivity index (χ3v) is 15.1. The van der Waals surface area contributed by atoms with E-state index in [1.807, 2.05) is 0 Å². The highest BCUT2D eigenvalue weighted by Gasteiger charge is 2.38. The number of phenols is 2. The third kappa shape index (κ3) is 25.9. The van der Waals surface area contributed by atoms with Crippen LogP contribution in [0.3, 0.4) is 0 Å². The topological polar surface area (TPSA) is 499 Å². The van der Waals surface area contributed by atoms with Crippen LogP contribution in [0.4, 0.5) is 0 Å². The van der Waals surface area contributed by atoms with E-state index < -0.39 is 120 Å². The number of nitrogens with zero attached hydrogens (tertiary/aromatic N) is 2. The summed E-state index contributed by atoms with van der Waals surface area (Å²) >= 11 is 0. The predicted octanol–water partition coefficient (Wildman–Crippen LogP) is -2.13. The van der Waals surface area contributed by atoms with E-state index in [1.54, 1.807) is 13.8 Å². The standard InChI is InChI=1S/C61H88N14O16/c1-34(2)30-44(71-55(86)42(11-4-6-26-62)69-54(85)43(12-8-28-67-61(64)65)70-60(91)48-13-9-29-75(48)35(3)76)56(87)72-46(32-37-16-20-39(78)21-17-37)58(89)74-47(33-52(82)83)59(90)73-45(31-36-14-18-38(77)19-15-36)57(88)68-41(53(63)84)10-5-7-27-66-51(81)25-22-40-49(79)23-24-50(40)80/h14-21,23-24,34,40-48,77-78H,4-13,22,25-33,62H2,1-3H3,(H2,63,84)(H,66,81)(H,68,88)(H,69,85)(H,70,91)(H,71,86)(H,72,87)(H,73,90)(H,74,89)(H,82,83)(H4,64,65,67)/t41-,42-,43-,44-,45-,46-,47-,48-/m0/s1. The second kappa shape index (κ2) is 37.5. The van der Waals surface area contributed by atoms with Crippen molar-refractivity contribution < 1.29 is 77.6 Å². The number of nitrogens with two attached hydrogens (primary N) is 4. The first kappa shape index (κ1) is 74.0. The zero-order valence-corrected chi connectivity index (χ0v) is 51.5. The lowest BCUT2D eigenvalue weighted by Crippen LogP contribution is -2.61. The molecule has 1 aliphatic heterocycles. The van der Waals surface area contributed by atoms with E-state index in [9.17, 15) is 77.6 Å². The molecule has 1 fully saturated rings. The number of unbranched alkanes of at least 4 members (excludes halogenated alkanes) is 2. The Labute approximate surface area is 527 Å². The Bertz CT molecular complexity index is 2940. The fraction of sp³-hybridized carbons (Fsp3) is 0.541. The van der Waals surface area contributed by atoms with Crippen LogP contribution in [0, 0.1) is 11.8 Å². The zero-order valence-electron chi connectivity index (χ0n) is 51.5. The number of rotatable bonds is 39. The van der Waals surface area contributed by atoms with Crippen molar-refractivity contribution in [2.45, 2.75) is 172 Å². The normalized spacial score (nSPS) is 16.0. The number of aromatic hydroxyl groups is 2. The van der Waals surface area contributed by atoms with Crippen LogP contribution in [0.1, 0.15) is 122 Å². The summed E-state index contributed by atoms with van der Waals surface area (Å²) < 4.78 is 0. The number of primary amides is 1. The van der Waals surface area contributed by atoms with Gasteiger partial charge in [-0.2, -0.15) is 0 Å². The maximum absolute atomic E-state index is 14.6. The number of aliphatic imine (C=N–C) groups is 1. The molecular formula is C61H88N14O16. The molecule has 0 unspecified atom stereocenters. The molecule has 19 N–H and O–H groups in total. The highest BCUT2D eigenvalue weighted by molar-refractivity contribution is 6.18. The highest BCUT2D eigenvalue weighted by Crippen LogP contribution is 2.20. The average molecular weight is 1270 g/mol. The van der Waals surface area contributed by atoms with Crippen LogP contribution in [0.25, 0.3) is 0 Å². The van der Waals surface area contributed by atoms with Crippen LogP contribution < -0.4 is 65.5 Å². The number of guanidine groups is 1. The molecule has 30 heteroatoms. The predicted molar refractivity (Wildman–Crippen MR) is 330 cm³/mol. The van der Waals surface area contributed by atoms with Crippen LogP contribution in [-0.4, -0.2) is 177 Å². The van der Waals surface area contributed by atoms with E-state index in [4.69, 9.17) is 22.9 Å². The van der Waals surface area contributed by atoms with Gasteiger partial charge in [0.25, 0.3) is 0 Å². The molecule has 1 heterocycles. The smallest absolute Gasteiger partial charge is 0.305 e. The Morgan fingerprint density at radius 2 is 1.07 bits per heavy atom. The van der Waals surface area contributed by atoms with E-state index in [0.29, 0.717) is 49.8 Å². The van der Waals surface area contributed by atoms with Gasteiger partial charge < -0.3 is 85.7 Å². The molecule has 0 aromatic heterocycles. The number of ketones is 2. The molecule has 2 aromatic carbocycles. The number of aliphatic carboxylic acids is 1. The first-order valence-corrected chi connectivity index (χ1v) is 30.4. The molecule has 0 saturated carbocycles. The Morgan fingerprint density at radius 3 is 1.58 bits per heavy atom. The number of likely N-dealkylation sites (tertiary alicyclic amines) is 1. The van der Waals surface area contributed by atoms with Crippen molar-refractivity contribution in [2.24, 2.45) is 39.8 Å². The van der Waals surface area contributed by atoms with Gasteiger partial charge >= 0.3 is 5.97 Å². The molecule has 0 radical (unpaired) electrons. The second-order valence-corrected chi connectivity index (χ2v) is 23.0. The van der Waals surface area contributed by atoms with E-state index >= 15 is 0 Å². The number of hydrogen-bond acceptors (Lipinski definition) is 17. The van der Waals surface area contributed by atoms with Gasteiger partial charge in [0.05, 0.1) is 12.3 Å². The highest BCUT2D eigenvalue weighted by atomic mass is 16.4. The van der Waals surface area contributed by atoms with Crippen molar-refractivity contribution in [3.05, 3.63) is 71.8 Å². The van der Waals surface area contributed by atoms with Gasteiger partial charge in [-0.15, -0.1) is 0 Å². The molecule has 0 bridgehead atoms. The van der Waals surface area contributed by atoms with Crippen molar-refractivity contribution in [3.63, 3.8) is 0 Å². The van der Waals surface area contributed by atoms with Gasteiger partial charge in [0, 0.05) is 45.8 Å². The van der Waals surface area contributed by atoms with Gasteiger partial charge in [-0.1, -0.05) is 38.1 Å². The average Bonchev–Trinajstić information content (AvgIpc) is 2.17. The minimum Gasteiger partial charge on any atom is -0.508 e. The van der Waals surface area contributed by atoms with Gasteiger partial charge in [0.1, 0.15) is 59.8 Å². The number of phenolic OH excluding ortho intramolecular Hbond substituents is 2. The Morgan fingerprint density at radius 1 is 0.604 bits per heavy atom. The monoisotopic (exact) mass is 1270 g/mol. The van der Waals surface area contributed by atoms with Crippen molar-refractivity contribution in [1.29, 1.82) is 0 Å². The first-order chi connectivity index (χ1) is 43.1. The Balaban J connectivity index is 1.56. The maximum atomic E-state index is 14.6. The lowest BCUT2D eigenvalue weighted by atomic mass is 9.99. The van der Waals surface area contributed by atoms with Gasteiger partial charge in [-0.3, -0.25) is 67.3 Å². The minimum absolute atomic E-state index is 0.00893. The minimum atomic E-state index is -1.95. The van der Waals surface area contributed by atoms with Crippen molar-refractivity contribution in [2.75, 3.05) is 26.2 Å². The van der Waals surface area contributed by atoms with Crippen LogP contribution in [0.5, 0.6) is 11.5 Å². The van der Waals surface area contributed by atoms with Crippen LogP contribution in [-0.2, 0) is 75.2 Å². The van der Waals surface area contributed by atoms with Gasteiger partial charge in [-0.05, 0) is 137 Å². The first-order valence-electron chi connectivity index (χ1n) is 30.4. The van der Waals surface area contributed by atoms with Gasteiger partial charge in [-0.25, -0.2) is 0 Å². The number of allylic oxidation sites excluding steroid dienone is 2. The summed E-state index contributed by atoms with van der Waals surface area (Å²) in [6, 6.07) is -0.362. The molecule has 30 nitrogen and oxygen atoms in total. The number of carboxylic acid groups (broad SMARTS) is 1. The van der Waals surface area contributed by atoms with E-state index in [2.05, 4.69) is 47.5 Å². The molecule has 0 spiro atoms. The summed E-state index contributed by atoms with van der Waals surface area (Å²) in [7, 11) is 0. The molecule has 498 valence electrons. The van der Waals surface area contributed by atoms with Crippen molar-refractivity contribution in [3.8, 4) is 11.5 Å². The summed E-state index contributed by atoms with van der Waals surface area (Å²) in [5, 5.41) is 51.0. The van der Waals surface area contributed by atoms with E-state index in [-0.39, 0.29) is 125 Å². The van der Waals surface area contributed by atoms with Crippen LogP contribution >= 0.6 is 0 Å². The van der Waals surface area contributed by atoms with Crippen LogP contribution in [0.15, 0.2) is 65.7 Å². The number of carboxylic acids is 1. The third-order valence-electron chi connectivity index (χ3n) is 15.1. The number of hydrogen-bond donors (Lipinski definition) is 15. The van der Waals surface area contributed by atoms with Crippen molar-refractivity contribution in [1.82, 2.24) is 47.4 Å². The lowest BCUT2D eigenvalue weighted by Gasteiger charge is -2.29. The van der Waals surface area contributed by atoms with Crippen molar-refractivity contribution >= 4 is 82.6 Å². The number of carbonyl (C=O) groups excluding carboxylic acids is 12. The number of nitrogens with one attached hydrogen (secondary N) is 8. The summed E-state index contributed by atoms with van der Waals surface area (Å²) in [6.45, 7) is 5.63. The van der Waals surface area contributed by atoms with Gasteiger partial charge in [0.2, 0.25) is 59.1 Å². The summed E-state index contributed by atoms with van der Waals surface area (Å²) in [6.07, 6.45) is 2.94. The fourth-order valence-corrected chi connectivity index (χ4v) is 10.3. The Kier molecular flexibility index (Phi) is 30.5. The largest absolute Gasteiger partial charge is 0.508 e.